The Morgan fingerprint density at radius 1 is 1.26 bits per heavy atom. The average Bonchev–Trinajstić information content (AvgIpc) is 2.78. The van der Waals surface area contributed by atoms with Gasteiger partial charge in [-0.25, -0.2) is 9.78 Å². The van der Waals surface area contributed by atoms with Crippen LogP contribution in [0.5, 0.6) is 0 Å². The van der Waals surface area contributed by atoms with Gasteiger partial charge < -0.3 is 11.1 Å². The summed E-state index contributed by atoms with van der Waals surface area (Å²) < 4.78 is 0. The molecular formula is C21H16ClN7O2. The maximum Gasteiger partial charge on any atom is 0.330 e. The summed E-state index contributed by atoms with van der Waals surface area (Å²) >= 11 is 6.37. The zero-order chi connectivity index (χ0) is 22.1. The number of nitriles is 1. The van der Waals surface area contributed by atoms with E-state index in [4.69, 9.17) is 22.6 Å². The van der Waals surface area contributed by atoms with Gasteiger partial charge in [0.05, 0.1) is 28.9 Å². The number of aromatic nitrogens is 2. The normalized spacial score (nSPS) is 12.9. The van der Waals surface area contributed by atoms with Crippen molar-refractivity contribution in [2.24, 2.45) is 0 Å². The highest BCUT2D eigenvalue weighted by Gasteiger charge is 2.31. The lowest BCUT2D eigenvalue weighted by Gasteiger charge is -2.34. The van der Waals surface area contributed by atoms with E-state index in [1.54, 1.807) is 55.7 Å². The molecule has 2 heterocycles. The number of fused-ring (bicyclic) bond motifs is 1. The van der Waals surface area contributed by atoms with Gasteiger partial charge in [-0.05, 0) is 42.5 Å². The van der Waals surface area contributed by atoms with Crippen LogP contribution in [0.4, 0.5) is 27.9 Å². The molecule has 2 aromatic carbocycles. The van der Waals surface area contributed by atoms with E-state index < -0.39 is 0 Å². The van der Waals surface area contributed by atoms with Crippen molar-refractivity contribution in [3.63, 3.8) is 0 Å². The van der Waals surface area contributed by atoms with Crippen LogP contribution in [0.25, 0.3) is 0 Å². The molecule has 3 amide bonds. The lowest BCUT2D eigenvalue weighted by molar-refractivity contribution is 0.102. The van der Waals surface area contributed by atoms with Crippen LogP contribution in [0.15, 0.2) is 48.7 Å². The van der Waals surface area contributed by atoms with Crippen LogP contribution in [0.1, 0.15) is 21.5 Å². The number of nitrogens with one attached hydrogen (secondary N) is 1. The largest absolute Gasteiger partial charge is 0.368 e. The summed E-state index contributed by atoms with van der Waals surface area (Å²) in [6.07, 6.45) is 1.57. The van der Waals surface area contributed by atoms with Gasteiger partial charge in [-0.1, -0.05) is 11.6 Å². The van der Waals surface area contributed by atoms with Gasteiger partial charge in [0.15, 0.2) is 0 Å². The van der Waals surface area contributed by atoms with Crippen molar-refractivity contribution in [3.05, 3.63) is 70.4 Å². The van der Waals surface area contributed by atoms with Gasteiger partial charge in [-0.15, -0.1) is 0 Å². The highest BCUT2D eigenvalue weighted by molar-refractivity contribution is 6.34. The molecule has 31 heavy (non-hydrogen) atoms. The zero-order valence-corrected chi connectivity index (χ0v) is 17.1. The molecule has 0 aliphatic carbocycles. The zero-order valence-electron chi connectivity index (χ0n) is 16.3. The van der Waals surface area contributed by atoms with Gasteiger partial charge in [0.2, 0.25) is 5.95 Å². The first kappa shape index (κ1) is 20.1. The van der Waals surface area contributed by atoms with Gasteiger partial charge in [0.25, 0.3) is 5.91 Å². The molecule has 0 saturated heterocycles. The number of benzene rings is 2. The Morgan fingerprint density at radius 3 is 2.71 bits per heavy atom. The van der Waals surface area contributed by atoms with Crippen molar-refractivity contribution in [1.82, 2.24) is 9.97 Å². The number of rotatable bonds is 3. The summed E-state index contributed by atoms with van der Waals surface area (Å²) in [6, 6.07) is 12.8. The molecule has 1 aliphatic heterocycles. The summed E-state index contributed by atoms with van der Waals surface area (Å²) in [5.41, 5.74) is 8.10. The molecule has 0 radical (unpaired) electrons. The standard InChI is InChI=1S/C21H16ClN7O2/c1-28-18-14(10-25-20(24)27-18)11-29(21(28)31)17-8-15(6-7-16(17)22)26-19(30)13-4-2-12(9-23)3-5-13/h2-8,10H,11H2,1H3,(H,26,30)(H2,24,25,27). The topological polar surface area (TPSA) is 128 Å². The van der Waals surface area contributed by atoms with E-state index in [2.05, 4.69) is 15.3 Å². The second-order valence-corrected chi connectivity index (χ2v) is 7.22. The molecule has 4 rings (SSSR count). The van der Waals surface area contributed by atoms with Gasteiger partial charge in [-0.3, -0.25) is 14.6 Å². The van der Waals surface area contributed by atoms with Crippen molar-refractivity contribution >= 4 is 46.7 Å². The fraction of sp³-hybridized carbons (Fsp3) is 0.0952. The number of halogens is 1. The number of hydrogen-bond donors (Lipinski definition) is 2. The summed E-state index contributed by atoms with van der Waals surface area (Å²) in [5, 5.41) is 12.0. The summed E-state index contributed by atoms with van der Waals surface area (Å²) in [4.78, 5) is 36.5. The van der Waals surface area contributed by atoms with E-state index in [1.165, 1.54) is 9.80 Å². The third kappa shape index (κ3) is 3.84. The quantitative estimate of drug-likeness (QED) is 0.651. The highest BCUT2D eigenvalue weighted by Crippen LogP contribution is 2.35. The molecular weight excluding hydrogens is 418 g/mol. The minimum absolute atomic E-state index is 0.0809. The van der Waals surface area contributed by atoms with E-state index >= 15 is 0 Å². The molecule has 1 aromatic heterocycles. The number of amides is 3. The first-order chi connectivity index (χ1) is 14.9. The summed E-state index contributed by atoms with van der Waals surface area (Å²) in [6.45, 7) is 0.200. The number of carbonyl (C=O) groups is 2. The van der Waals surface area contributed by atoms with Crippen LogP contribution in [0, 0.1) is 11.3 Å². The molecule has 3 N–H and O–H groups in total. The predicted molar refractivity (Wildman–Crippen MR) is 117 cm³/mol. The van der Waals surface area contributed by atoms with E-state index in [9.17, 15) is 9.59 Å². The lowest BCUT2D eigenvalue weighted by atomic mass is 10.1. The molecule has 0 fully saturated rings. The molecule has 0 unspecified atom stereocenters. The first-order valence-electron chi connectivity index (χ1n) is 9.15. The van der Waals surface area contributed by atoms with Crippen molar-refractivity contribution < 1.29 is 9.59 Å². The summed E-state index contributed by atoms with van der Waals surface area (Å²) in [5.74, 6) is 0.168. The molecule has 10 heteroatoms. The number of hydrogen-bond acceptors (Lipinski definition) is 6. The van der Waals surface area contributed by atoms with E-state index in [-0.39, 0.29) is 24.4 Å². The molecule has 0 bridgehead atoms. The maximum absolute atomic E-state index is 12.9. The Balaban J connectivity index is 1.62. The fourth-order valence-corrected chi connectivity index (χ4v) is 3.43. The van der Waals surface area contributed by atoms with Crippen molar-refractivity contribution in [2.75, 3.05) is 27.9 Å². The van der Waals surface area contributed by atoms with Gasteiger partial charge in [0.1, 0.15) is 5.82 Å². The van der Waals surface area contributed by atoms with Crippen LogP contribution in [0.2, 0.25) is 5.02 Å². The minimum atomic E-state index is -0.353. The van der Waals surface area contributed by atoms with Crippen molar-refractivity contribution in [3.8, 4) is 6.07 Å². The van der Waals surface area contributed by atoms with E-state index in [0.717, 1.165) is 0 Å². The summed E-state index contributed by atoms with van der Waals surface area (Å²) in [7, 11) is 1.59. The number of nitrogens with zero attached hydrogens (tertiary/aromatic N) is 5. The Bertz CT molecular complexity index is 1240. The van der Waals surface area contributed by atoms with Crippen LogP contribution >= 0.6 is 11.6 Å². The highest BCUT2D eigenvalue weighted by atomic mass is 35.5. The fourth-order valence-electron chi connectivity index (χ4n) is 3.21. The average molecular weight is 434 g/mol. The number of nitrogens with two attached hydrogens (primary N) is 1. The third-order valence-electron chi connectivity index (χ3n) is 4.80. The molecule has 3 aromatic rings. The Kier molecular flexibility index (Phi) is 5.15. The number of anilines is 4. The number of carbonyl (C=O) groups excluding carboxylic acids is 2. The maximum atomic E-state index is 12.9. The second-order valence-electron chi connectivity index (χ2n) is 6.81. The number of urea groups is 1. The number of nitrogen functional groups attached to an aromatic ring is 1. The lowest BCUT2D eigenvalue weighted by Crippen LogP contribution is -2.46. The van der Waals surface area contributed by atoms with Crippen LogP contribution in [-0.4, -0.2) is 29.0 Å². The SMILES string of the molecule is CN1C(=O)N(c2cc(NC(=O)c3ccc(C#N)cc3)ccc2Cl)Cc2cnc(N)nc21. The first-order valence-corrected chi connectivity index (χ1v) is 9.53. The van der Waals surface area contributed by atoms with Gasteiger partial charge in [0, 0.05) is 30.1 Å². The van der Waals surface area contributed by atoms with Gasteiger partial charge >= 0.3 is 6.03 Å². The Labute approximate surface area is 182 Å². The minimum Gasteiger partial charge on any atom is -0.368 e. The van der Waals surface area contributed by atoms with E-state index in [1.807, 2.05) is 6.07 Å². The third-order valence-corrected chi connectivity index (χ3v) is 5.11. The van der Waals surface area contributed by atoms with Crippen LogP contribution in [-0.2, 0) is 6.54 Å². The molecule has 1 aliphatic rings. The van der Waals surface area contributed by atoms with Crippen molar-refractivity contribution in [2.45, 2.75) is 6.54 Å². The van der Waals surface area contributed by atoms with Crippen LogP contribution < -0.4 is 20.9 Å². The molecule has 9 nitrogen and oxygen atoms in total. The van der Waals surface area contributed by atoms with Crippen molar-refractivity contribution in [1.29, 1.82) is 5.26 Å². The Morgan fingerprint density at radius 2 is 2.00 bits per heavy atom. The predicted octanol–water partition coefficient (Wildman–Crippen LogP) is 3.41. The molecule has 0 atom stereocenters. The molecule has 0 saturated carbocycles. The molecule has 154 valence electrons. The van der Waals surface area contributed by atoms with Crippen LogP contribution in [0.3, 0.4) is 0 Å². The van der Waals surface area contributed by atoms with E-state index in [0.29, 0.717) is 38.9 Å². The Hall–Kier alpha value is -4.16. The monoisotopic (exact) mass is 433 g/mol. The smallest absolute Gasteiger partial charge is 0.330 e. The molecule has 0 spiro atoms. The second kappa shape index (κ2) is 7.93. The van der Waals surface area contributed by atoms with Gasteiger partial charge in [-0.2, -0.15) is 10.2 Å².